The van der Waals surface area contributed by atoms with E-state index in [4.69, 9.17) is 4.74 Å². The van der Waals surface area contributed by atoms with Gasteiger partial charge in [0.2, 0.25) is 5.91 Å². The van der Waals surface area contributed by atoms with E-state index in [0.29, 0.717) is 38.2 Å². The number of anilines is 1. The minimum absolute atomic E-state index is 0.0760. The summed E-state index contributed by atoms with van der Waals surface area (Å²) < 4.78 is 61.8. The van der Waals surface area contributed by atoms with Gasteiger partial charge in [-0.15, -0.1) is 0 Å². The topological polar surface area (TPSA) is 85.3 Å². The fourth-order valence-electron chi connectivity index (χ4n) is 7.50. The van der Waals surface area contributed by atoms with E-state index in [1.54, 1.807) is 12.1 Å². The number of aryl methyl sites for hydroxylation is 1. The minimum atomic E-state index is -5.10. The van der Waals surface area contributed by atoms with E-state index in [2.05, 4.69) is 41.4 Å². The Labute approximate surface area is 288 Å². The largest absolute Gasteiger partial charge is 0.430 e. The van der Waals surface area contributed by atoms with Crippen LogP contribution in [0.15, 0.2) is 91.0 Å². The number of benzene rings is 4. The highest BCUT2D eigenvalue weighted by Crippen LogP contribution is 2.43. The molecule has 2 heterocycles. The van der Waals surface area contributed by atoms with Crippen LogP contribution in [0.1, 0.15) is 29.5 Å². The average molecular weight is 693 g/mol. The summed E-state index contributed by atoms with van der Waals surface area (Å²) in [7, 11) is 0.803. The lowest BCUT2D eigenvalue weighted by molar-refractivity contribution is -0.265. The summed E-state index contributed by atoms with van der Waals surface area (Å²) in [5.74, 6) is -2.14. The summed E-state index contributed by atoms with van der Waals surface area (Å²) in [4.78, 5) is 33.0. The normalized spacial score (nSPS) is 18.4. The molecule has 2 N–H and O–H groups in total. The van der Waals surface area contributed by atoms with Crippen molar-refractivity contribution in [2.24, 2.45) is 0 Å². The summed E-state index contributed by atoms with van der Waals surface area (Å²) in [6.07, 6.45) is -5.56. The van der Waals surface area contributed by atoms with Crippen molar-refractivity contribution < 1.29 is 37.0 Å². The standard InChI is InChI=1S/C38H40F4N4O4/c1-26-8-6-9-27-10-7-11-28(33(26)27)23-44-20-18-36(19-21-44)35(49)45(25-46(36)31-16-14-30(39)15-17-31)24-32(47)22-43-34(48)37(50-2,38(40,41)42)29-12-4-3-5-13-29/h3-17,32,47H,18-25H2,1-2H3,(H,43,48)/t32?,37-/m1/s1. The molecule has 264 valence electrons. The monoisotopic (exact) mass is 692 g/mol. The third kappa shape index (κ3) is 6.43. The average Bonchev–Trinajstić information content (AvgIpc) is 3.35. The van der Waals surface area contributed by atoms with Gasteiger partial charge in [0.25, 0.3) is 11.5 Å². The zero-order valence-electron chi connectivity index (χ0n) is 27.9. The van der Waals surface area contributed by atoms with Gasteiger partial charge in [-0.05, 0) is 65.9 Å². The molecule has 2 aliphatic heterocycles. The lowest BCUT2D eigenvalue weighted by atomic mass is 9.85. The molecule has 4 aromatic rings. The van der Waals surface area contributed by atoms with Gasteiger partial charge in [-0.25, -0.2) is 4.39 Å². The van der Waals surface area contributed by atoms with E-state index in [9.17, 15) is 32.3 Å². The van der Waals surface area contributed by atoms with Crippen molar-refractivity contribution in [3.8, 4) is 0 Å². The number of halogens is 4. The first-order valence-electron chi connectivity index (χ1n) is 16.6. The highest BCUT2D eigenvalue weighted by Gasteiger charge is 2.62. The van der Waals surface area contributed by atoms with Crippen molar-refractivity contribution in [2.75, 3.05) is 44.9 Å². The molecule has 0 radical (unpaired) electrons. The highest BCUT2D eigenvalue weighted by molar-refractivity contribution is 5.94. The SMILES string of the molecule is CO[C@@](C(=O)NCC(O)CN1CN(c2ccc(F)cc2)C2(CCN(Cc3cccc4cccc(C)c34)CC2)C1=O)(c1ccccc1)C(F)(F)F. The van der Waals surface area contributed by atoms with Gasteiger partial charge in [0, 0.05) is 44.5 Å². The van der Waals surface area contributed by atoms with Crippen molar-refractivity contribution in [1.82, 2.24) is 15.1 Å². The van der Waals surface area contributed by atoms with E-state index in [-0.39, 0.29) is 19.1 Å². The predicted molar refractivity (Wildman–Crippen MR) is 182 cm³/mol. The number of nitrogens with zero attached hydrogens (tertiary/aromatic N) is 3. The Kier molecular flexibility index (Phi) is 9.89. The first-order valence-corrected chi connectivity index (χ1v) is 16.6. The predicted octanol–water partition coefficient (Wildman–Crippen LogP) is 5.51. The first kappa shape index (κ1) is 35.3. The van der Waals surface area contributed by atoms with E-state index < -0.39 is 47.3 Å². The van der Waals surface area contributed by atoms with Crippen LogP contribution in [0.3, 0.4) is 0 Å². The Bertz CT molecular complexity index is 1830. The number of carbonyl (C=O) groups excluding carboxylic acids is 2. The number of likely N-dealkylation sites (tertiary alicyclic amines) is 1. The second-order valence-electron chi connectivity index (χ2n) is 13.1. The van der Waals surface area contributed by atoms with Crippen LogP contribution >= 0.6 is 0 Å². The molecule has 0 bridgehead atoms. The summed E-state index contributed by atoms with van der Waals surface area (Å²) in [5, 5.41) is 15.6. The van der Waals surface area contributed by atoms with E-state index >= 15 is 0 Å². The second kappa shape index (κ2) is 14.0. The Morgan fingerprint density at radius 1 is 0.960 bits per heavy atom. The van der Waals surface area contributed by atoms with Crippen LogP contribution in [-0.2, 0) is 26.5 Å². The molecule has 50 heavy (non-hydrogen) atoms. The number of ether oxygens (including phenoxy) is 1. The van der Waals surface area contributed by atoms with Crippen molar-refractivity contribution in [1.29, 1.82) is 0 Å². The summed E-state index contributed by atoms with van der Waals surface area (Å²) in [6.45, 7) is 3.29. The number of aliphatic hydroxyl groups is 1. The molecule has 8 nitrogen and oxygen atoms in total. The van der Waals surface area contributed by atoms with Gasteiger partial charge in [0.1, 0.15) is 11.4 Å². The molecule has 2 amide bonds. The second-order valence-corrected chi connectivity index (χ2v) is 13.1. The van der Waals surface area contributed by atoms with Gasteiger partial charge in [-0.3, -0.25) is 14.5 Å². The molecule has 6 rings (SSSR count). The molecule has 0 saturated carbocycles. The molecule has 2 aliphatic rings. The van der Waals surface area contributed by atoms with Crippen LogP contribution in [-0.4, -0.2) is 84.5 Å². The number of piperidine rings is 1. The summed E-state index contributed by atoms with van der Waals surface area (Å²) in [5.41, 5.74) is -1.64. The number of aliphatic hydroxyl groups excluding tert-OH is 1. The van der Waals surface area contributed by atoms with Gasteiger partial charge in [-0.2, -0.15) is 13.2 Å². The zero-order valence-corrected chi connectivity index (χ0v) is 27.9. The number of carbonyl (C=O) groups is 2. The molecule has 12 heteroatoms. The molecule has 4 aromatic carbocycles. The van der Waals surface area contributed by atoms with Crippen molar-refractivity contribution >= 4 is 28.3 Å². The molecule has 2 atom stereocenters. The van der Waals surface area contributed by atoms with Gasteiger partial charge >= 0.3 is 6.18 Å². The third-order valence-corrected chi connectivity index (χ3v) is 10.1. The number of alkyl halides is 3. The van der Waals surface area contributed by atoms with Crippen LogP contribution in [0, 0.1) is 12.7 Å². The smallest absolute Gasteiger partial charge is 0.389 e. The Morgan fingerprint density at radius 3 is 2.26 bits per heavy atom. The number of nitrogens with one attached hydrogen (secondary N) is 1. The molecular weight excluding hydrogens is 652 g/mol. The fraction of sp³-hybridized carbons (Fsp3) is 0.368. The molecule has 2 fully saturated rings. The van der Waals surface area contributed by atoms with Gasteiger partial charge in [0.15, 0.2) is 0 Å². The van der Waals surface area contributed by atoms with E-state index in [1.807, 2.05) is 17.0 Å². The lowest BCUT2D eigenvalue weighted by Crippen LogP contribution is -2.57. The van der Waals surface area contributed by atoms with Crippen molar-refractivity contribution in [3.63, 3.8) is 0 Å². The maximum atomic E-state index is 14.3. The van der Waals surface area contributed by atoms with Crippen LogP contribution in [0.25, 0.3) is 10.8 Å². The quantitative estimate of drug-likeness (QED) is 0.214. The van der Waals surface area contributed by atoms with Crippen molar-refractivity contribution in [2.45, 2.75) is 49.7 Å². The maximum Gasteiger partial charge on any atom is 0.430 e. The van der Waals surface area contributed by atoms with Crippen LogP contribution in [0.4, 0.5) is 23.2 Å². The minimum Gasteiger partial charge on any atom is -0.389 e. The number of amides is 2. The van der Waals surface area contributed by atoms with Gasteiger partial charge in [-0.1, -0.05) is 66.7 Å². The number of rotatable bonds is 10. The lowest BCUT2D eigenvalue weighted by Gasteiger charge is -2.43. The van der Waals surface area contributed by atoms with E-state index in [0.717, 1.165) is 19.2 Å². The number of hydrogen-bond acceptors (Lipinski definition) is 6. The Hall–Kier alpha value is -4.52. The third-order valence-electron chi connectivity index (χ3n) is 10.1. The molecule has 1 unspecified atom stereocenters. The number of hydrogen-bond donors (Lipinski definition) is 2. The summed E-state index contributed by atoms with van der Waals surface area (Å²) in [6, 6.07) is 24.9. The number of methoxy groups -OCH3 is 1. The molecule has 0 aliphatic carbocycles. The van der Waals surface area contributed by atoms with Crippen LogP contribution < -0.4 is 10.2 Å². The summed E-state index contributed by atoms with van der Waals surface area (Å²) >= 11 is 0. The van der Waals surface area contributed by atoms with Crippen LogP contribution in [0.5, 0.6) is 0 Å². The number of fused-ring (bicyclic) bond motifs is 1. The Morgan fingerprint density at radius 2 is 1.62 bits per heavy atom. The highest BCUT2D eigenvalue weighted by atomic mass is 19.4. The van der Waals surface area contributed by atoms with Crippen LogP contribution in [0.2, 0.25) is 0 Å². The zero-order chi connectivity index (χ0) is 35.7. The van der Waals surface area contributed by atoms with Gasteiger partial charge < -0.3 is 25.0 Å². The fourth-order valence-corrected chi connectivity index (χ4v) is 7.50. The van der Waals surface area contributed by atoms with E-state index in [1.165, 1.54) is 57.1 Å². The molecule has 0 aromatic heterocycles. The van der Waals surface area contributed by atoms with Gasteiger partial charge in [0.05, 0.1) is 19.3 Å². The Balaban J connectivity index is 1.17. The van der Waals surface area contributed by atoms with Crippen molar-refractivity contribution in [3.05, 3.63) is 114 Å². The molecule has 1 spiro atoms. The first-order chi connectivity index (χ1) is 23.9. The molecular formula is C38H40F4N4O4. The number of β-amino-alcohol motifs (C(OH)–C–C–N with tert-alkyl or cyclic N) is 1. The molecule has 2 saturated heterocycles. The maximum absolute atomic E-state index is 14.3.